The van der Waals surface area contributed by atoms with E-state index in [1.165, 1.54) is 17.0 Å². The second-order valence-corrected chi connectivity index (χ2v) is 5.78. The van der Waals surface area contributed by atoms with Crippen LogP contribution in [0.5, 0.6) is 0 Å². The van der Waals surface area contributed by atoms with Gasteiger partial charge in [0.1, 0.15) is 17.4 Å². The molecule has 0 aromatic heterocycles. The van der Waals surface area contributed by atoms with Crippen molar-refractivity contribution in [3.8, 4) is 0 Å². The van der Waals surface area contributed by atoms with Crippen LogP contribution in [0.1, 0.15) is 33.6 Å². The standard InChI is InChI=1S/C15H18ClFN2O2/c1-4-11-13(20)18-15(3,5-2)14(21)19(11)12-7-6-9(17)8-10(12)16/h6-8,11H,4-5H2,1-3H3,(H,18,20). The number of benzene rings is 1. The van der Waals surface area contributed by atoms with Gasteiger partial charge in [0.05, 0.1) is 10.7 Å². The van der Waals surface area contributed by atoms with Crippen LogP contribution < -0.4 is 10.2 Å². The molecule has 1 aromatic rings. The van der Waals surface area contributed by atoms with E-state index in [0.717, 1.165) is 6.07 Å². The quantitative estimate of drug-likeness (QED) is 0.933. The Labute approximate surface area is 128 Å². The summed E-state index contributed by atoms with van der Waals surface area (Å²) < 4.78 is 13.2. The Kier molecular flexibility index (Phi) is 4.23. The summed E-state index contributed by atoms with van der Waals surface area (Å²) in [5, 5.41) is 2.90. The zero-order valence-electron chi connectivity index (χ0n) is 12.2. The number of amides is 2. The zero-order chi connectivity index (χ0) is 15.8. The van der Waals surface area contributed by atoms with Gasteiger partial charge in [0.2, 0.25) is 5.91 Å². The number of piperazine rings is 1. The molecule has 1 aromatic carbocycles. The Bertz CT molecular complexity index is 593. The molecule has 2 unspecified atom stereocenters. The lowest BCUT2D eigenvalue weighted by molar-refractivity contribution is -0.138. The summed E-state index contributed by atoms with van der Waals surface area (Å²) in [5.74, 6) is -0.934. The van der Waals surface area contributed by atoms with E-state index in [9.17, 15) is 14.0 Å². The molecule has 4 nitrogen and oxygen atoms in total. The number of halogens is 2. The lowest BCUT2D eigenvalue weighted by atomic mass is 9.90. The molecule has 1 fully saturated rings. The molecule has 2 rings (SSSR count). The molecule has 1 heterocycles. The third-order valence-corrected chi connectivity index (χ3v) is 4.27. The van der Waals surface area contributed by atoms with Gasteiger partial charge in [0, 0.05) is 0 Å². The van der Waals surface area contributed by atoms with Crippen molar-refractivity contribution in [1.82, 2.24) is 5.32 Å². The number of nitrogens with zero attached hydrogens (tertiary/aromatic N) is 1. The summed E-state index contributed by atoms with van der Waals surface area (Å²) in [6, 6.07) is 3.18. The number of hydrogen-bond donors (Lipinski definition) is 1. The van der Waals surface area contributed by atoms with Crippen LogP contribution in [0.3, 0.4) is 0 Å². The molecule has 6 heteroatoms. The van der Waals surface area contributed by atoms with Crippen LogP contribution in [0.4, 0.5) is 10.1 Å². The molecule has 1 saturated heterocycles. The lowest BCUT2D eigenvalue weighted by Gasteiger charge is -2.44. The van der Waals surface area contributed by atoms with E-state index in [1.807, 2.05) is 13.8 Å². The maximum Gasteiger partial charge on any atom is 0.253 e. The van der Waals surface area contributed by atoms with Crippen LogP contribution in [-0.4, -0.2) is 23.4 Å². The summed E-state index contributed by atoms with van der Waals surface area (Å²) in [5.41, 5.74) is -0.607. The van der Waals surface area contributed by atoms with E-state index >= 15 is 0 Å². The molecular weight excluding hydrogens is 295 g/mol. The molecule has 1 aliphatic heterocycles. The van der Waals surface area contributed by atoms with Crippen LogP contribution in [0.25, 0.3) is 0 Å². The highest BCUT2D eigenvalue weighted by molar-refractivity contribution is 6.34. The molecule has 0 aliphatic carbocycles. The van der Waals surface area contributed by atoms with E-state index in [1.54, 1.807) is 6.92 Å². The van der Waals surface area contributed by atoms with Gasteiger partial charge in [0.25, 0.3) is 5.91 Å². The molecule has 0 radical (unpaired) electrons. The van der Waals surface area contributed by atoms with Crippen molar-refractivity contribution in [3.05, 3.63) is 29.0 Å². The molecule has 2 atom stereocenters. The van der Waals surface area contributed by atoms with Crippen LogP contribution in [0.2, 0.25) is 5.02 Å². The first-order valence-electron chi connectivity index (χ1n) is 6.94. The molecule has 0 saturated carbocycles. The first kappa shape index (κ1) is 15.8. The first-order valence-corrected chi connectivity index (χ1v) is 7.32. The third-order valence-electron chi connectivity index (χ3n) is 3.97. The van der Waals surface area contributed by atoms with Crippen molar-refractivity contribution in [2.75, 3.05) is 4.90 Å². The molecule has 21 heavy (non-hydrogen) atoms. The van der Waals surface area contributed by atoms with Crippen LogP contribution in [-0.2, 0) is 9.59 Å². The SMILES string of the molecule is CCC1C(=O)NC(C)(CC)C(=O)N1c1ccc(F)cc1Cl. The summed E-state index contributed by atoms with van der Waals surface area (Å²) in [7, 11) is 0. The second kappa shape index (κ2) is 5.64. The van der Waals surface area contributed by atoms with Crippen LogP contribution in [0, 0.1) is 5.82 Å². The zero-order valence-corrected chi connectivity index (χ0v) is 13.0. The monoisotopic (exact) mass is 312 g/mol. The van der Waals surface area contributed by atoms with Crippen molar-refractivity contribution in [1.29, 1.82) is 0 Å². The average molecular weight is 313 g/mol. The molecule has 1 aliphatic rings. The number of carbonyl (C=O) groups excluding carboxylic acids is 2. The van der Waals surface area contributed by atoms with Gasteiger partial charge in [-0.25, -0.2) is 4.39 Å². The Morgan fingerprint density at radius 3 is 2.57 bits per heavy atom. The highest BCUT2D eigenvalue weighted by atomic mass is 35.5. The van der Waals surface area contributed by atoms with Crippen molar-refractivity contribution in [2.45, 2.75) is 45.2 Å². The Morgan fingerprint density at radius 2 is 2.05 bits per heavy atom. The minimum atomic E-state index is -0.972. The van der Waals surface area contributed by atoms with Crippen LogP contribution in [0.15, 0.2) is 18.2 Å². The summed E-state index contributed by atoms with van der Waals surface area (Å²) >= 11 is 6.07. The van der Waals surface area contributed by atoms with Gasteiger partial charge in [-0.05, 0) is 38.0 Å². The predicted octanol–water partition coefficient (Wildman–Crippen LogP) is 2.89. The summed E-state index contributed by atoms with van der Waals surface area (Å²) in [4.78, 5) is 26.5. The molecule has 0 bridgehead atoms. The molecule has 114 valence electrons. The smallest absolute Gasteiger partial charge is 0.253 e. The average Bonchev–Trinajstić information content (AvgIpc) is 2.43. The minimum absolute atomic E-state index is 0.120. The molecular formula is C15H18ClFN2O2. The Balaban J connectivity index is 2.54. The number of carbonyl (C=O) groups is 2. The maximum absolute atomic E-state index is 13.2. The Morgan fingerprint density at radius 1 is 1.38 bits per heavy atom. The normalized spacial score (nSPS) is 26.0. The van der Waals surface area contributed by atoms with E-state index < -0.39 is 17.4 Å². The van der Waals surface area contributed by atoms with Crippen molar-refractivity contribution in [3.63, 3.8) is 0 Å². The van der Waals surface area contributed by atoms with E-state index in [4.69, 9.17) is 11.6 Å². The van der Waals surface area contributed by atoms with Gasteiger partial charge in [-0.3, -0.25) is 14.5 Å². The largest absolute Gasteiger partial charge is 0.340 e. The molecule has 2 amide bonds. The highest BCUT2D eigenvalue weighted by Gasteiger charge is 2.47. The molecule has 0 spiro atoms. The first-order chi connectivity index (χ1) is 9.84. The van der Waals surface area contributed by atoms with Crippen LogP contribution >= 0.6 is 11.6 Å². The fraction of sp³-hybridized carbons (Fsp3) is 0.467. The molecule has 1 N–H and O–H groups in total. The Hall–Kier alpha value is -1.62. The van der Waals surface area contributed by atoms with Gasteiger partial charge < -0.3 is 5.32 Å². The van der Waals surface area contributed by atoms with Gasteiger partial charge in [-0.1, -0.05) is 25.4 Å². The minimum Gasteiger partial charge on any atom is -0.340 e. The fourth-order valence-electron chi connectivity index (χ4n) is 2.49. The van der Waals surface area contributed by atoms with E-state index in [-0.39, 0.29) is 16.8 Å². The fourth-order valence-corrected chi connectivity index (χ4v) is 2.75. The van der Waals surface area contributed by atoms with E-state index in [0.29, 0.717) is 18.5 Å². The number of rotatable bonds is 3. The predicted molar refractivity (Wildman–Crippen MR) is 79.8 cm³/mol. The summed E-state index contributed by atoms with van der Waals surface area (Å²) in [6.07, 6.45) is 0.911. The van der Waals surface area contributed by atoms with Crippen molar-refractivity contribution in [2.24, 2.45) is 0 Å². The lowest BCUT2D eigenvalue weighted by Crippen LogP contribution is -2.69. The number of hydrogen-bond acceptors (Lipinski definition) is 2. The van der Waals surface area contributed by atoms with E-state index in [2.05, 4.69) is 5.32 Å². The summed E-state index contributed by atoms with van der Waals surface area (Å²) in [6.45, 7) is 5.33. The van der Waals surface area contributed by atoms with Gasteiger partial charge in [0.15, 0.2) is 0 Å². The highest BCUT2D eigenvalue weighted by Crippen LogP contribution is 2.33. The number of nitrogens with one attached hydrogen (secondary N) is 1. The van der Waals surface area contributed by atoms with Crippen molar-refractivity contribution >= 4 is 29.1 Å². The van der Waals surface area contributed by atoms with Gasteiger partial charge in [-0.2, -0.15) is 0 Å². The number of anilines is 1. The van der Waals surface area contributed by atoms with Crippen molar-refractivity contribution < 1.29 is 14.0 Å². The topological polar surface area (TPSA) is 49.4 Å². The van der Waals surface area contributed by atoms with Gasteiger partial charge in [-0.15, -0.1) is 0 Å². The maximum atomic E-state index is 13.2. The van der Waals surface area contributed by atoms with Gasteiger partial charge >= 0.3 is 0 Å². The third kappa shape index (κ3) is 2.62. The second-order valence-electron chi connectivity index (χ2n) is 5.37.